The van der Waals surface area contributed by atoms with Crippen LogP contribution in [0.15, 0.2) is 10.4 Å². The number of methoxy groups -OCH3 is 1. The van der Waals surface area contributed by atoms with Crippen LogP contribution < -0.4 is 0 Å². The first-order chi connectivity index (χ1) is 8.96. The summed E-state index contributed by atoms with van der Waals surface area (Å²) in [6, 6.07) is -0.939. The van der Waals surface area contributed by atoms with Gasteiger partial charge in [0.25, 0.3) is 10.0 Å². The summed E-state index contributed by atoms with van der Waals surface area (Å²) in [6.07, 6.45) is 1.30. The number of aryl methyl sites for hydroxylation is 1. The van der Waals surface area contributed by atoms with Gasteiger partial charge in [-0.2, -0.15) is 4.31 Å². The van der Waals surface area contributed by atoms with Crippen LogP contribution in [0.3, 0.4) is 0 Å². The van der Waals surface area contributed by atoms with Crippen molar-refractivity contribution in [3.63, 3.8) is 0 Å². The summed E-state index contributed by atoms with van der Waals surface area (Å²) in [5.74, 6) is -0.621. The van der Waals surface area contributed by atoms with Gasteiger partial charge in [-0.05, 0) is 6.92 Å². The van der Waals surface area contributed by atoms with Crippen molar-refractivity contribution in [3.05, 3.63) is 11.2 Å². The minimum atomic E-state index is -3.74. The Balaban J connectivity index is 2.34. The van der Waals surface area contributed by atoms with Gasteiger partial charge in [0.15, 0.2) is 4.21 Å². The van der Waals surface area contributed by atoms with Gasteiger partial charge in [-0.3, -0.25) is 4.79 Å². The molecule has 0 aromatic carbocycles. The number of esters is 1. The highest BCUT2D eigenvalue weighted by Gasteiger charge is 2.39. The molecule has 0 spiro atoms. The Morgan fingerprint density at radius 2 is 2.37 bits per heavy atom. The van der Waals surface area contributed by atoms with E-state index in [0.717, 1.165) is 15.6 Å². The molecule has 1 aromatic rings. The highest BCUT2D eigenvalue weighted by atomic mass is 32.2. The van der Waals surface area contributed by atoms with Crippen molar-refractivity contribution in [2.75, 3.05) is 26.9 Å². The smallest absolute Gasteiger partial charge is 0.326 e. The largest absolute Gasteiger partial charge is 0.468 e. The lowest BCUT2D eigenvalue weighted by Gasteiger charge is -2.31. The lowest BCUT2D eigenvalue weighted by atomic mass is 10.3. The van der Waals surface area contributed by atoms with E-state index >= 15 is 0 Å². The number of thiazole rings is 1. The Morgan fingerprint density at radius 1 is 1.63 bits per heavy atom. The lowest BCUT2D eigenvalue weighted by molar-refractivity contribution is -0.149. The summed E-state index contributed by atoms with van der Waals surface area (Å²) in [5, 5.41) is 0.654. The van der Waals surface area contributed by atoms with Crippen molar-refractivity contribution in [2.45, 2.75) is 17.2 Å². The second kappa shape index (κ2) is 5.53. The highest BCUT2D eigenvalue weighted by Crippen LogP contribution is 2.25. The molecule has 1 aromatic heterocycles. The molecule has 1 aliphatic heterocycles. The summed E-state index contributed by atoms with van der Waals surface area (Å²) in [6.45, 7) is 2.11. The monoisotopic (exact) mass is 306 g/mol. The van der Waals surface area contributed by atoms with E-state index in [9.17, 15) is 13.2 Å². The Kier molecular flexibility index (Phi) is 4.19. The Labute approximate surface area is 115 Å². The minimum absolute atomic E-state index is 0.00366. The number of ether oxygens (including phenoxy) is 2. The molecule has 0 amide bonds. The molecule has 0 aliphatic carbocycles. The van der Waals surface area contributed by atoms with Gasteiger partial charge in [-0.25, -0.2) is 13.4 Å². The SMILES string of the molecule is COC(=O)C1COCCN1S(=O)(=O)c1cnc(C)s1. The number of carbonyl (C=O) groups excluding carboxylic acids is 1. The molecule has 1 saturated heterocycles. The predicted octanol–water partition coefficient (Wildman–Crippen LogP) is 0.0140. The summed E-state index contributed by atoms with van der Waals surface area (Å²) in [4.78, 5) is 15.6. The third-order valence-corrected chi connectivity index (χ3v) is 5.97. The van der Waals surface area contributed by atoms with Crippen molar-refractivity contribution < 1.29 is 22.7 Å². The van der Waals surface area contributed by atoms with Crippen LogP contribution in [0, 0.1) is 6.92 Å². The first kappa shape index (κ1) is 14.4. The van der Waals surface area contributed by atoms with Crippen LogP contribution in [0.1, 0.15) is 5.01 Å². The van der Waals surface area contributed by atoms with E-state index in [0.29, 0.717) is 5.01 Å². The van der Waals surface area contributed by atoms with E-state index in [1.54, 1.807) is 6.92 Å². The van der Waals surface area contributed by atoms with E-state index in [1.165, 1.54) is 13.3 Å². The molecule has 0 saturated carbocycles. The molecule has 0 radical (unpaired) electrons. The zero-order valence-corrected chi connectivity index (χ0v) is 12.2. The third-order valence-electron chi connectivity index (χ3n) is 2.72. The van der Waals surface area contributed by atoms with E-state index in [4.69, 9.17) is 4.74 Å². The number of sulfonamides is 1. The zero-order valence-electron chi connectivity index (χ0n) is 10.5. The molecule has 1 fully saturated rings. The van der Waals surface area contributed by atoms with Crippen molar-refractivity contribution in [3.8, 4) is 0 Å². The second-order valence-electron chi connectivity index (χ2n) is 3.93. The molecule has 2 heterocycles. The van der Waals surface area contributed by atoms with Gasteiger partial charge in [0.05, 0.1) is 31.5 Å². The molecule has 106 valence electrons. The first-order valence-electron chi connectivity index (χ1n) is 5.56. The molecular weight excluding hydrogens is 292 g/mol. The fraction of sp³-hybridized carbons (Fsp3) is 0.600. The standard InChI is InChI=1S/C10H14N2O5S2/c1-7-11-5-9(18-7)19(14,15)12-3-4-17-6-8(12)10(13)16-2/h5,8H,3-4,6H2,1-2H3. The minimum Gasteiger partial charge on any atom is -0.468 e. The van der Waals surface area contributed by atoms with E-state index < -0.39 is 22.0 Å². The maximum absolute atomic E-state index is 12.5. The Hall–Kier alpha value is -1.03. The molecule has 19 heavy (non-hydrogen) atoms. The van der Waals surface area contributed by atoms with Crippen LogP contribution in [0.5, 0.6) is 0 Å². The topological polar surface area (TPSA) is 85.8 Å². The quantitative estimate of drug-likeness (QED) is 0.732. The van der Waals surface area contributed by atoms with Crippen molar-refractivity contribution in [1.82, 2.24) is 9.29 Å². The van der Waals surface area contributed by atoms with Gasteiger partial charge in [0.2, 0.25) is 0 Å². The maximum atomic E-state index is 12.5. The number of rotatable bonds is 3. The van der Waals surface area contributed by atoms with Gasteiger partial charge in [0.1, 0.15) is 6.04 Å². The van der Waals surface area contributed by atoms with E-state index in [2.05, 4.69) is 9.72 Å². The Morgan fingerprint density at radius 3 is 2.95 bits per heavy atom. The number of hydrogen-bond donors (Lipinski definition) is 0. The molecule has 7 nitrogen and oxygen atoms in total. The van der Waals surface area contributed by atoms with Crippen LogP contribution in [0.25, 0.3) is 0 Å². The van der Waals surface area contributed by atoms with E-state index in [1.807, 2.05) is 0 Å². The fourth-order valence-corrected chi connectivity index (χ4v) is 4.56. The molecule has 2 rings (SSSR count). The Bertz CT molecular complexity index is 568. The van der Waals surface area contributed by atoms with Crippen LogP contribution >= 0.6 is 11.3 Å². The average molecular weight is 306 g/mol. The van der Waals surface area contributed by atoms with Gasteiger partial charge < -0.3 is 9.47 Å². The van der Waals surface area contributed by atoms with Crippen LogP contribution in [0.4, 0.5) is 0 Å². The molecular formula is C10H14N2O5S2. The molecule has 1 atom stereocenters. The lowest BCUT2D eigenvalue weighted by Crippen LogP contribution is -2.52. The van der Waals surface area contributed by atoms with E-state index in [-0.39, 0.29) is 24.0 Å². The van der Waals surface area contributed by atoms with Crippen molar-refractivity contribution >= 4 is 27.3 Å². The van der Waals surface area contributed by atoms with Gasteiger partial charge in [-0.15, -0.1) is 11.3 Å². The van der Waals surface area contributed by atoms with Crippen molar-refractivity contribution in [2.24, 2.45) is 0 Å². The van der Waals surface area contributed by atoms with Gasteiger partial charge >= 0.3 is 5.97 Å². The molecule has 1 unspecified atom stereocenters. The summed E-state index contributed by atoms with van der Waals surface area (Å²) in [7, 11) is -2.52. The van der Waals surface area contributed by atoms with Crippen molar-refractivity contribution in [1.29, 1.82) is 0 Å². The highest BCUT2D eigenvalue weighted by molar-refractivity contribution is 7.91. The van der Waals surface area contributed by atoms with Gasteiger partial charge in [0, 0.05) is 6.54 Å². The molecule has 0 N–H and O–H groups in total. The molecule has 9 heteroatoms. The van der Waals surface area contributed by atoms with Crippen LogP contribution in [-0.4, -0.2) is 56.6 Å². The van der Waals surface area contributed by atoms with Crippen LogP contribution in [-0.2, 0) is 24.3 Å². The number of morpholine rings is 1. The normalized spacial score (nSPS) is 21.3. The van der Waals surface area contributed by atoms with Crippen LogP contribution in [0.2, 0.25) is 0 Å². The number of nitrogens with zero attached hydrogens (tertiary/aromatic N) is 2. The summed E-state index contributed by atoms with van der Waals surface area (Å²) >= 11 is 1.08. The summed E-state index contributed by atoms with van der Waals surface area (Å²) in [5.41, 5.74) is 0. The fourth-order valence-electron chi connectivity index (χ4n) is 1.77. The maximum Gasteiger partial charge on any atom is 0.326 e. The number of hydrogen-bond acceptors (Lipinski definition) is 7. The number of aromatic nitrogens is 1. The molecule has 0 bridgehead atoms. The predicted molar refractivity (Wildman–Crippen MR) is 67.4 cm³/mol. The third kappa shape index (κ3) is 2.78. The zero-order chi connectivity index (χ0) is 14.0. The second-order valence-corrected chi connectivity index (χ2v) is 7.28. The number of carbonyl (C=O) groups is 1. The average Bonchev–Trinajstić information content (AvgIpc) is 2.85. The molecule has 1 aliphatic rings. The van der Waals surface area contributed by atoms with Gasteiger partial charge in [-0.1, -0.05) is 0 Å². The first-order valence-corrected chi connectivity index (χ1v) is 7.82. The summed E-state index contributed by atoms with van der Waals surface area (Å²) < 4.78 is 35.9.